The Labute approximate surface area is 146 Å². The zero-order valence-corrected chi connectivity index (χ0v) is 16.4. The van der Waals surface area contributed by atoms with Gasteiger partial charge in [-0.1, -0.05) is 92.5 Å². The van der Waals surface area contributed by atoms with Crippen molar-refractivity contribution >= 4 is 25.9 Å². The number of dihydropyridines is 1. The van der Waals surface area contributed by atoms with E-state index in [1.807, 2.05) is 6.20 Å². The van der Waals surface area contributed by atoms with Gasteiger partial charge in [0, 0.05) is 7.05 Å². The zero-order valence-electron chi connectivity index (χ0n) is 14.6. The van der Waals surface area contributed by atoms with Crippen molar-refractivity contribution in [2.45, 2.75) is 25.4 Å². The molecule has 4 heteroatoms. The minimum atomic E-state index is -1.96. The van der Waals surface area contributed by atoms with E-state index in [0.29, 0.717) is 0 Å². The summed E-state index contributed by atoms with van der Waals surface area (Å²) in [6.45, 7) is 6.99. The Morgan fingerprint density at radius 1 is 0.833 bits per heavy atom. The van der Waals surface area contributed by atoms with Crippen LogP contribution in [0.5, 0.6) is 0 Å². The van der Waals surface area contributed by atoms with Crippen molar-refractivity contribution in [2.75, 3.05) is 0 Å². The van der Waals surface area contributed by atoms with Crippen molar-refractivity contribution in [2.24, 2.45) is 4.41 Å². The lowest BCUT2D eigenvalue weighted by atomic mass is 10.4. The minimum absolute atomic E-state index is 0.207. The molecule has 1 heterocycles. The zero-order chi connectivity index (χ0) is 17.0. The van der Waals surface area contributed by atoms with Crippen LogP contribution in [-0.4, -0.2) is 14.0 Å². The molecule has 0 fully saturated rings. The van der Waals surface area contributed by atoms with Gasteiger partial charge in [-0.15, -0.1) is 0 Å². The molecule has 2 aromatic rings. The molecule has 24 heavy (non-hydrogen) atoms. The molecule has 1 unspecified atom stereocenters. The van der Waals surface area contributed by atoms with Crippen LogP contribution in [0.1, 0.15) is 0 Å². The first-order valence-corrected chi connectivity index (χ1v) is 13.6. The number of hydrogen-bond donors (Lipinski definition) is 1. The molecule has 1 atom stereocenters. The van der Waals surface area contributed by atoms with Crippen LogP contribution in [0.4, 0.5) is 0 Å². The first-order valence-electron chi connectivity index (χ1n) is 8.36. The third-order valence-electron chi connectivity index (χ3n) is 3.93. The smallest absolute Gasteiger partial charge is 0.171 e. The number of nitrogens with zero attached hydrogens (tertiary/aromatic N) is 1. The average molecular weight is 352 g/mol. The van der Waals surface area contributed by atoms with Crippen LogP contribution in [0.3, 0.4) is 0 Å². The largest absolute Gasteiger partial charge is 0.379 e. The van der Waals surface area contributed by atoms with Crippen LogP contribution in [0.25, 0.3) is 0 Å². The molecule has 3 rings (SSSR count). The van der Waals surface area contributed by atoms with E-state index in [0.717, 1.165) is 0 Å². The molecule has 0 amide bonds. The van der Waals surface area contributed by atoms with Crippen LogP contribution in [0.2, 0.25) is 19.6 Å². The van der Waals surface area contributed by atoms with E-state index in [4.69, 9.17) is 4.41 Å². The summed E-state index contributed by atoms with van der Waals surface area (Å²) in [5.74, 6) is 0.207. The lowest BCUT2D eigenvalue weighted by molar-refractivity contribution is 0.900. The fourth-order valence-electron chi connectivity index (χ4n) is 3.10. The summed E-state index contributed by atoms with van der Waals surface area (Å²) < 4.78 is 5.61. The lowest BCUT2D eigenvalue weighted by Gasteiger charge is -2.36. The summed E-state index contributed by atoms with van der Waals surface area (Å²) >= 11 is 0. The molecule has 124 valence electrons. The highest BCUT2D eigenvalue weighted by atomic mass is 31.2. The Morgan fingerprint density at radius 3 is 1.79 bits per heavy atom. The van der Waals surface area contributed by atoms with Gasteiger partial charge >= 0.3 is 0 Å². The molecular formula is C20H25N2PSi. The molecule has 2 nitrogen and oxygen atoms in total. The molecule has 0 aliphatic carbocycles. The molecular weight excluding hydrogens is 327 g/mol. The van der Waals surface area contributed by atoms with Gasteiger partial charge in [0.25, 0.3) is 0 Å². The van der Waals surface area contributed by atoms with Crippen molar-refractivity contribution in [3.8, 4) is 0 Å². The van der Waals surface area contributed by atoms with E-state index in [2.05, 4.69) is 104 Å². The molecule has 1 aliphatic heterocycles. The fourth-order valence-corrected chi connectivity index (χ4v) is 11.1. The Balaban J connectivity index is 2.35. The second-order valence-electron chi connectivity index (χ2n) is 6.98. The molecule has 1 aliphatic rings. The van der Waals surface area contributed by atoms with Crippen LogP contribution in [-0.2, 0) is 0 Å². The maximum absolute atomic E-state index is 5.61. The summed E-state index contributed by atoms with van der Waals surface area (Å²) in [6.07, 6.45) is 8.51. The van der Waals surface area contributed by atoms with Crippen molar-refractivity contribution in [3.05, 3.63) is 85.1 Å². The predicted molar refractivity (Wildman–Crippen MR) is 110 cm³/mol. The van der Waals surface area contributed by atoms with Crippen molar-refractivity contribution < 1.29 is 0 Å². The van der Waals surface area contributed by atoms with E-state index in [9.17, 15) is 0 Å². The first kappa shape index (κ1) is 17.0. The standard InChI is InChI=1S/C20H25N2PSi/c1-24(2,3)22-23(18-12-6-4-7-13-18,19-14-8-5-9-15-19)20-16-10-11-17-21-20/h4-17,20-21H,1-3H3. The van der Waals surface area contributed by atoms with E-state index in [-0.39, 0.29) is 5.78 Å². The molecule has 1 N–H and O–H groups in total. The molecule has 0 bridgehead atoms. The SMILES string of the molecule is C[Si](C)(C)N=P(c1ccccc1)(c1ccccc1)C1C=CC=CN1. The number of benzene rings is 2. The normalized spacial score (nSPS) is 17.4. The number of hydrogen-bond acceptors (Lipinski definition) is 2. The van der Waals surface area contributed by atoms with Crippen molar-refractivity contribution in [3.63, 3.8) is 0 Å². The second kappa shape index (κ2) is 6.96. The average Bonchev–Trinajstić information content (AvgIpc) is 2.61. The van der Waals surface area contributed by atoms with Crippen LogP contribution < -0.4 is 15.9 Å². The molecule has 2 aromatic carbocycles. The van der Waals surface area contributed by atoms with Crippen LogP contribution in [0.15, 0.2) is 89.5 Å². The Bertz CT molecular complexity index is 746. The summed E-state index contributed by atoms with van der Waals surface area (Å²) in [5, 5.41) is 6.28. The summed E-state index contributed by atoms with van der Waals surface area (Å²) in [5.41, 5.74) is 0. The van der Waals surface area contributed by atoms with Crippen LogP contribution >= 0.6 is 7.05 Å². The Morgan fingerprint density at radius 2 is 1.38 bits per heavy atom. The number of allylic oxidation sites excluding steroid dienone is 2. The number of nitrogens with one attached hydrogen (secondary N) is 1. The Hall–Kier alpha value is -1.83. The Kier molecular flexibility index (Phi) is 4.93. The van der Waals surface area contributed by atoms with E-state index >= 15 is 0 Å². The van der Waals surface area contributed by atoms with E-state index < -0.39 is 15.3 Å². The van der Waals surface area contributed by atoms with Gasteiger partial charge in [0.2, 0.25) is 0 Å². The highest BCUT2D eigenvalue weighted by Gasteiger charge is 2.34. The summed E-state index contributed by atoms with van der Waals surface area (Å²) in [4.78, 5) is 0. The number of rotatable bonds is 4. The van der Waals surface area contributed by atoms with Crippen molar-refractivity contribution in [1.82, 2.24) is 5.32 Å². The third kappa shape index (κ3) is 3.48. The molecule has 0 aromatic heterocycles. The van der Waals surface area contributed by atoms with Crippen LogP contribution in [0, 0.1) is 0 Å². The van der Waals surface area contributed by atoms with Gasteiger partial charge in [-0.2, -0.15) is 0 Å². The maximum Gasteiger partial charge on any atom is 0.171 e. The quantitative estimate of drug-likeness (QED) is 0.627. The minimum Gasteiger partial charge on any atom is -0.379 e. The molecule has 0 saturated carbocycles. The van der Waals surface area contributed by atoms with Gasteiger partial charge in [0.05, 0.1) is 5.78 Å². The van der Waals surface area contributed by atoms with Gasteiger partial charge < -0.3 is 9.73 Å². The maximum atomic E-state index is 5.61. The fraction of sp³-hybridized carbons (Fsp3) is 0.200. The van der Waals surface area contributed by atoms with Gasteiger partial charge in [-0.3, -0.25) is 0 Å². The molecule has 0 saturated heterocycles. The second-order valence-corrected chi connectivity index (χ2v) is 15.1. The van der Waals surface area contributed by atoms with E-state index in [1.165, 1.54) is 10.6 Å². The molecule has 0 radical (unpaired) electrons. The topological polar surface area (TPSA) is 24.4 Å². The highest BCUT2D eigenvalue weighted by Crippen LogP contribution is 2.53. The molecule has 0 spiro atoms. The summed E-state index contributed by atoms with van der Waals surface area (Å²) in [7, 11) is -3.63. The van der Waals surface area contributed by atoms with Gasteiger partial charge in [0.1, 0.15) is 0 Å². The monoisotopic (exact) mass is 352 g/mol. The van der Waals surface area contributed by atoms with Gasteiger partial charge in [-0.05, 0) is 22.9 Å². The van der Waals surface area contributed by atoms with Gasteiger partial charge in [0.15, 0.2) is 8.24 Å². The lowest BCUT2D eigenvalue weighted by Crippen LogP contribution is -2.36. The third-order valence-corrected chi connectivity index (χ3v) is 10.9. The first-order chi connectivity index (χ1) is 11.5. The van der Waals surface area contributed by atoms with E-state index in [1.54, 1.807) is 0 Å². The van der Waals surface area contributed by atoms with Gasteiger partial charge in [-0.25, -0.2) is 0 Å². The predicted octanol–water partition coefficient (Wildman–Crippen LogP) is 4.67. The summed E-state index contributed by atoms with van der Waals surface area (Å²) in [6, 6.07) is 21.7. The van der Waals surface area contributed by atoms with Crippen molar-refractivity contribution in [1.29, 1.82) is 0 Å². The highest BCUT2D eigenvalue weighted by molar-refractivity contribution is 7.82.